The summed E-state index contributed by atoms with van der Waals surface area (Å²) in [5.41, 5.74) is 2.11. The third-order valence-corrected chi connectivity index (χ3v) is 2.61. The minimum atomic E-state index is -0.500. The Labute approximate surface area is 90.5 Å². The lowest BCUT2D eigenvalue weighted by molar-refractivity contribution is 0.101. The Morgan fingerprint density at radius 1 is 1.40 bits per heavy atom. The minimum Gasteiger partial charge on any atom is -0.295 e. The van der Waals surface area contributed by atoms with E-state index in [0.717, 1.165) is 16.7 Å². The summed E-state index contributed by atoms with van der Waals surface area (Å²) in [6, 6.07) is 7.82. The van der Waals surface area contributed by atoms with Crippen LogP contribution in [0.3, 0.4) is 0 Å². The van der Waals surface area contributed by atoms with Gasteiger partial charge >= 0.3 is 0 Å². The summed E-state index contributed by atoms with van der Waals surface area (Å²) in [7, 11) is 0. The third-order valence-electron chi connectivity index (χ3n) is 2.61. The van der Waals surface area contributed by atoms with Crippen LogP contribution < -0.4 is 0 Å². The molecule has 0 amide bonds. The van der Waals surface area contributed by atoms with Crippen LogP contribution in [0.2, 0.25) is 0 Å². The number of benzene rings is 1. The number of Topliss-reactive ketones (excluding diaryl/α,β-unsaturated/α-hetero) is 1. The summed E-state index contributed by atoms with van der Waals surface area (Å²) < 4.78 is 0. The van der Waals surface area contributed by atoms with Gasteiger partial charge in [-0.3, -0.25) is 4.79 Å². The molecule has 0 atom stereocenters. The molecule has 2 nitrogen and oxygen atoms in total. The van der Waals surface area contributed by atoms with Crippen LogP contribution in [-0.4, -0.2) is 5.78 Å². The number of ketones is 1. The Hall–Kier alpha value is -1.62. The van der Waals surface area contributed by atoms with Crippen molar-refractivity contribution in [2.24, 2.45) is 0 Å². The van der Waals surface area contributed by atoms with E-state index in [-0.39, 0.29) is 5.78 Å². The average molecular weight is 201 g/mol. The molecule has 0 aliphatic heterocycles. The Morgan fingerprint density at radius 3 is 2.40 bits per heavy atom. The van der Waals surface area contributed by atoms with Crippen LogP contribution in [0.15, 0.2) is 18.2 Å². The SMILES string of the molecule is CC(=O)c1ccc(C(C)(C)C#N)cc1C. The molecule has 0 aliphatic carbocycles. The molecule has 2 heteroatoms. The van der Waals surface area contributed by atoms with E-state index in [1.54, 1.807) is 13.0 Å². The number of nitriles is 1. The van der Waals surface area contributed by atoms with E-state index in [1.165, 1.54) is 0 Å². The number of carbonyl (C=O) groups excluding carboxylic acids is 1. The number of carbonyl (C=O) groups is 1. The molecule has 1 aromatic carbocycles. The number of aryl methyl sites for hydroxylation is 1. The van der Waals surface area contributed by atoms with Gasteiger partial charge in [0.1, 0.15) is 0 Å². The maximum Gasteiger partial charge on any atom is 0.160 e. The fourth-order valence-corrected chi connectivity index (χ4v) is 1.51. The van der Waals surface area contributed by atoms with Crippen LogP contribution in [0.1, 0.15) is 42.3 Å². The highest BCUT2D eigenvalue weighted by Crippen LogP contribution is 2.24. The maximum absolute atomic E-state index is 11.2. The van der Waals surface area contributed by atoms with Gasteiger partial charge in [-0.15, -0.1) is 0 Å². The van der Waals surface area contributed by atoms with Gasteiger partial charge in [-0.1, -0.05) is 18.2 Å². The quantitative estimate of drug-likeness (QED) is 0.690. The second-order valence-corrected chi connectivity index (χ2v) is 4.32. The molecule has 0 aliphatic rings. The number of hydrogen-bond donors (Lipinski definition) is 0. The molecule has 0 radical (unpaired) electrons. The zero-order chi connectivity index (χ0) is 11.6. The van der Waals surface area contributed by atoms with E-state index in [9.17, 15) is 4.79 Å². The molecule has 78 valence electrons. The van der Waals surface area contributed by atoms with E-state index in [4.69, 9.17) is 5.26 Å². The van der Waals surface area contributed by atoms with Crippen molar-refractivity contribution in [1.29, 1.82) is 5.26 Å². The standard InChI is InChI=1S/C13H15NO/c1-9-7-11(13(3,4)8-14)5-6-12(9)10(2)15/h5-7H,1-4H3. The van der Waals surface area contributed by atoms with Crippen molar-refractivity contribution in [3.8, 4) is 6.07 Å². The number of hydrogen-bond acceptors (Lipinski definition) is 2. The highest BCUT2D eigenvalue weighted by molar-refractivity contribution is 5.95. The Balaban J connectivity index is 3.25. The van der Waals surface area contributed by atoms with E-state index < -0.39 is 5.41 Å². The van der Waals surface area contributed by atoms with Gasteiger partial charge in [0.05, 0.1) is 11.5 Å². The van der Waals surface area contributed by atoms with Crippen molar-refractivity contribution in [1.82, 2.24) is 0 Å². The van der Waals surface area contributed by atoms with Gasteiger partial charge in [-0.25, -0.2) is 0 Å². The van der Waals surface area contributed by atoms with Crippen molar-refractivity contribution >= 4 is 5.78 Å². The lowest BCUT2D eigenvalue weighted by Crippen LogP contribution is -2.14. The Kier molecular flexibility index (Phi) is 2.95. The lowest BCUT2D eigenvalue weighted by Gasteiger charge is -2.17. The van der Waals surface area contributed by atoms with Gasteiger partial charge in [0.2, 0.25) is 0 Å². The van der Waals surface area contributed by atoms with Crippen LogP contribution in [0.5, 0.6) is 0 Å². The largest absolute Gasteiger partial charge is 0.295 e. The van der Waals surface area contributed by atoms with E-state index >= 15 is 0 Å². The van der Waals surface area contributed by atoms with Crippen molar-refractivity contribution in [3.63, 3.8) is 0 Å². The Bertz CT molecular complexity index is 438. The average Bonchev–Trinajstić information content (AvgIpc) is 2.17. The molecular weight excluding hydrogens is 186 g/mol. The second-order valence-electron chi connectivity index (χ2n) is 4.32. The summed E-state index contributed by atoms with van der Waals surface area (Å²) in [6.07, 6.45) is 0. The van der Waals surface area contributed by atoms with Crippen LogP contribution in [-0.2, 0) is 5.41 Å². The van der Waals surface area contributed by atoms with Crippen molar-refractivity contribution < 1.29 is 4.79 Å². The van der Waals surface area contributed by atoms with Crippen LogP contribution in [0.4, 0.5) is 0 Å². The molecule has 15 heavy (non-hydrogen) atoms. The zero-order valence-corrected chi connectivity index (χ0v) is 9.59. The molecule has 1 rings (SSSR count). The molecule has 0 N–H and O–H groups in total. The van der Waals surface area contributed by atoms with Crippen LogP contribution in [0, 0.1) is 18.3 Å². The third kappa shape index (κ3) is 2.24. The lowest BCUT2D eigenvalue weighted by atomic mass is 9.84. The number of rotatable bonds is 2. The molecule has 0 fully saturated rings. The summed E-state index contributed by atoms with van der Waals surface area (Å²) >= 11 is 0. The summed E-state index contributed by atoms with van der Waals surface area (Å²) in [6.45, 7) is 7.19. The molecule has 0 saturated heterocycles. The first-order valence-corrected chi connectivity index (χ1v) is 4.92. The molecule has 0 spiro atoms. The fraction of sp³-hybridized carbons (Fsp3) is 0.385. The summed E-state index contributed by atoms with van der Waals surface area (Å²) in [5.74, 6) is 0.0637. The highest BCUT2D eigenvalue weighted by Gasteiger charge is 2.20. The van der Waals surface area contributed by atoms with Gasteiger partial charge in [-0.05, 0) is 38.8 Å². The van der Waals surface area contributed by atoms with Crippen molar-refractivity contribution in [2.75, 3.05) is 0 Å². The van der Waals surface area contributed by atoms with Crippen LogP contribution >= 0.6 is 0 Å². The highest BCUT2D eigenvalue weighted by atomic mass is 16.1. The minimum absolute atomic E-state index is 0.0637. The molecule has 0 saturated carbocycles. The van der Waals surface area contributed by atoms with Gasteiger partial charge in [0.15, 0.2) is 5.78 Å². The second kappa shape index (κ2) is 3.86. The van der Waals surface area contributed by atoms with Gasteiger partial charge in [0, 0.05) is 5.56 Å². The predicted molar refractivity (Wildman–Crippen MR) is 59.8 cm³/mol. The van der Waals surface area contributed by atoms with Gasteiger partial charge < -0.3 is 0 Å². The molecule has 0 aromatic heterocycles. The van der Waals surface area contributed by atoms with Gasteiger partial charge in [0.25, 0.3) is 0 Å². The topological polar surface area (TPSA) is 40.9 Å². The zero-order valence-electron chi connectivity index (χ0n) is 9.59. The molecular formula is C13H15NO. The van der Waals surface area contributed by atoms with Crippen molar-refractivity contribution in [2.45, 2.75) is 33.1 Å². The van der Waals surface area contributed by atoms with E-state index in [0.29, 0.717) is 0 Å². The smallest absolute Gasteiger partial charge is 0.160 e. The van der Waals surface area contributed by atoms with Crippen LogP contribution in [0.25, 0.3) is 0 Å². The molecule has 0 heterocycles. The molecule has 0 unspecified atom stereocenters. The Morgan fingerprint density at radius 2 is 2.00 bits per heavy atom. The van der Waals surface area contributed by atoms with E-state index in [2.05, 4.69) is 6.07 Å². The maximum atomic E-state index is 11.2. The van der Waals surface area contributed by atoms with Crippen molar-refractivity contribution in [3.05, 3.63) is 34.9 Å². The predicted octanol–water partition coefficient (Wildman–Crippen LogP) is 3.00. The first-order chi connectivity index (χ1) is 6.88. The monoisotopic (exact) mass is 201 g/mol. The van der Waals surface area contributed by atoms with Gasteiger partial charge in [-0.2, -0.15) is 5.26 Å². The first-order valence-electron chi connectivity index (χ1n) is 4.92. The molecule has 0 bridgehead atoms. The number of nitrogens with zero attached hydrogens (tertiary/aromatic N) is 1. The normalized spacial score (nSPS) is 10.9. The van der Waals surface area contributed by atoms with E-state index in [1.807, 2.05) is 32.9 Å². The first kappa shape index (κ1) is 11.5. The fourth-order valence-electron chi connectivity index (χ4n) is 1.51. The summed E-state index contributed by atoms with van der Waals surface area (Å²) in [5, 5.41) is 9.00. The molecule has 1 aromatic rings. The summed E-state index contributed by atoms with van der Waals surface area (Å²) in [4.78, 5) is 11.2.